The van der Waals surface area contributed by atoms with Crippen molar-refractivity contribution in [2.45, 2.75) is 27.4 Å². The number of aromatic hydroxyl groups is 1. The number of H-pyrrole nitrogens is 1. The summed E-state index contributed by atoms with van der Waals surface area (Å²) in [5, 5.41) is 10.3. The van der Waals surface area contributed by atoms with Gasteiger partial charge in [-0.2, -0.15) is 0 Å². The number of fused-ring (bicyclic) bond motifs is 1. The smallest absolute Gasteiger partial charge is 0.342 e. The Bertz CT molecular complexity index is 1000. The Morgan fingerprint density at radius 2 is 2.08 bits per heavy atom. The summed E-state index contributed by atoms with van der Waals surface area (Å²) in [6, 6.07) is 4.68. The Kier molecular flexibility index (Phi) is 4.11. The molecule has 7 heteroatoms. The van der Waals surface area contributed by atoms with Crippen LogP contribution in [-0.2, 0) is 11.3 Å². The van der Waals surface area contributed by atoms with Crippen LogP contribution >= 0.6 is 11.3 Å². The zero-order valence-electron chi connectivity index (χ0n) is 13.5. The first-order valence-corrected chi connectivity index (χ1v) is 8.14. The third-order valence-corrected chi connectivity index (χ3v) is 4.90. The van der Waals surface area contributed by atoms with Gasteiger partial charge in [0.1, 0.15) is 28.6 Å². The van der Waals surface area contributed by atoms with E-state index < -0.39 is 5.97 Å². The van der Waals surface area contributed by atoms with Crippen molar-refractivity contribution < 1.29 is 14.6 Å². The maximum Gasteiger partial charge on any atom is 0.342 e. The maximum absolute atomic E-state index is 12.2. The topological polar surface area (TPSA) is 92.3 Å². The van der Waals surface area contributed by atoms with E-state index in [2.05, 4.69) is 9.97 Å². The second kappa shape index (κ2) is 6.09. The van der Waals surface area contributed by atoms with Crippen LogP contribution in [0, 0.1) is 20.8 Å². The molecule has 0 atom stereocenters. The molecule has 0 aliphatic heterocycles. The summed E-state index contributed by atoms with van der Waals surface area (Å²) in [6.45, 7) is 5.45. The monoisotopic (exact) mass is 344 g/mol. The number of thiophene rings is 1. The lowest BCUT2D eigenvalue weighted by Gasteiger charge is -2.07. The lowest BCUT2D eigenvalue weighted by atomic mass is 10.1. The van der Waals surface area contributed by atoms with Crippen molar-refractivity contribution in [3.63, 3.8) is 0 Å². The number of hydrogen-bond donors (Lipinski definition) is 2. The fourth-order valence-electron chi connectivity index (χ4n) is 2.39. The molecule has 0 aliphatic carbocycles. The van der Waals surface area contributed by atoms with Gasteiger partial charge in [-0.1, -0.05) is 11.6 Å². The number of benzene rings is 1. The third-order valence-electron chi connectivity index (χ3n) is 3.80. The van der Waals surface area contributed by atoms with E-state index >= 15 is 0 Å². The van der Waals surface area contributed by atoms with Crippen LogP contribution in [0.5, 0.6) is 5.75 Å². The maximum atomic E-state index is 12.2. The van der Waals surface area contributed by atoms with E-state index in [-0.39, 0.29) is 29.3 Å². The van der Waals surface area contributed by atoms with E-state index in [0.29, 0.717) is 10.2 Å². The van der Waals surface area contributed by atoms with E-state index in [9.17, 15) is 14.7 Å². The predicted octanol–water partition coefficient (Wildman–Crippen LogP) is 2.97. The summed E-state index contributed by atoms with van der Waals surface area (Å²) < 4.78 is 5.16. The molecule has 0 amide bonds. The minimum absolute atomic E-state index is 0.0845. The molecule has 0 bridgehead atoms. The van der Waals surface area contributed by atoms with Crippen molar-refractivity contribution in [2.24, 2.45) is 0 Å². The average Bonchev–Trinajstić information content (AvgIpc) is 2.82. The van der Waals surface area contributed by atoms with E-state index in [0.717, 1.165) is 16.0 Å². The van der Waals surface area contributed by atoms with Crippen molar-refractivity contribution in [3.8, 4) is 5.75 Å². The standard InChI is InChI=1S/C17H16N2O4S/c1-8-4-5-12(20)11(6-8)17(22)23-7-13-18-15(21)14-9(2)10(3)24-16(14)19-13/h4-6,20H,7H2,1-3H3,(H,18,19,21). The molecule has 0 spiro atoms. The highest BCUT2D eigenvalue weighted by atomic mass is 32.1. The van der Waals surface area contributed by atoms with Gasteiger partial charge in [0, 0.05) is 4.88 Å². The zero-order chi connectivity index (χ0) is 17.4. The van der Waals surface area contributed by atoms with Crippen LogP contribution < -0.4 is 5.56 Å². The number of aryl methyl sites for hydroxylation is 3. The number of phenolic OH excluding ortho intramolecular Hbond substituents is 1. The largest absolute Gasteiger partial charge is 0.507 e. The molecule has 0 saturated carbocycles. The van der Waals surface area contributed by atoms with Crippen molar-refractivity contribution in [1.82, 2.24) is 9.97 Å². The molecule has 2 aromatic heterocycles. The molecule has 124 valence electrons. The molecule has 0 fully saturated rings. The molecule has 24 heavy (non-hydrogen) atoms. The van der Waals surface area contributed by atoms with Crippen LogP contribution in [0.2, 0.25) is 0 Å². The van der Waals surface area contributed by atoms with E-state index in [1.807, 2.05) is 20.8 Å². The first-order valence-electron chi connectivity index (χ1n) is 7.32. The normalized spacial score (nSPS) is 11.0. The molecule has 1 aromatic carbocycles. The van der Waals surface area contributed by atoms with Crippen molar-refractivity contribution >= 4 is 27.5 Å². The van der Waals surface area contributed by atoms with E-state index in [1.165, 1.54) is 17.4 Å². The second-order valence-electron chi connectivity index (χ2n) is 5.57. The number of aromatic nitrogens is 2. The lowest BCUT2D eigenvalue weighted by Crippen LogP contribution is -2.14. The number of hydrogen-bond acceptors (Lipinski definition) is 6. The van der Waals surface area contributed by atoms with Crippen LogP contribution in [-0.4, -0.2) is 21.0 Å². The SMILES string of the molecule is Cc1ccc(O)c(C(=O)OCc2nc3sc(C)c(C)c3c(=O)[nH]2)c1. The number of rotatable bonds is 3. The molecular weight excluding hydrogens is 328 g/mol. The van der Waals surface area contributed by atoms with Gasteiger partial charge in [-0.15, -0.1) is 11.3 Å². The van der Waals surface area contributed by atoms with Crippen molar-refractivity contribution in [1.29, 1.82) is 0 Å². The van der Waals surface area contributed by atoms with Gasteiger partial charge in [0.05, 0.1) is 5.39 Å². The molecule has 0 saturated heterocycles. The molecular formula is C17H16N2O4S. The lowest BCUT2D eigenvalue weighted by molar-refractivity contribution is 0.0459. The third kappa shape index (κ3) is 2.90. The van der Waals surface area contributed by atoms with Crippen molar-refractivity contribution in [3.05, 3.63) is 55.9 Å². The number of nitrogens with zero attached hydrogens (tertiary/aromatic N) is 1. The molecule has 0 aliphatic rings. The number of aromatic amines is 1. The number of carbonyl (C=O) groups excluding carboxylic acids is 1. The Labute approximate surface area is 141 Å². The molecule has 2 N–H and O–H groups in total. The number of phenols is 1. The van der Waals surface area contributed by atoms with Gasteiger partial charge in [0.25, 0.3) is 5.56 Å². The Morgan fingerprint density at radius 1 is 1.33 bits per heavy atom. The van der Waals surface area contributed by atoms with Crippen LogP contribution in [0.1, 0.15) is 32.2 Å². The predicted molar refractivity (Wildman–Crippen MR) is 91.7 cm³/mol. The van der Waals surface area contributed by atoms with Gasteiger partial charge in [-0.05, 0) is 38.5 Å². The van der Waals surface area contributed by atoms with Crippen LogP contribution in [0.25, 0.3) is 10.2 Å². The van der Waals surface area contributed by atoms with Gasteiger partial charge < -0.3 is 14.8 Å². The van der Waals surface area contributed by atoms with E-state index in [1.54, 1.807) is 12.1 Å². The van der Waals surface area contributed by atoms with Crippen molar-refractivity contribution in [2.75, 3.05) is 0 Å². The minimum Gasteiger partial charge on any atom is -0.507 e. The number of nitrogens with one attached hydrogen (secondary N) is 1. The fourth-order valence-corrected chi connectivity index (χ4v) is 3.44. The summed E-state index contributed by atoms with van der Waals surface area (Å²) in [6.07, 6.45) is 0. The van der Waals surface area contributed by atoms with Crippen LogP contribution in [0.15, 0.2) is 23.0 Å². The van der Waals surface area contributed by atoms with Crippen LogP contribution in [0.3, 0.4) is 0 Å². The van der Waals surface area contributed by atoms with E-state index in [4.69, 9.17) is 4.74 Å². The average molecular weight is 344 g/mol. The first-order chi connectivity index (χ1) is 11.4. The number of ether oxygens (including phenoxy) is 1. The fraction of sp³-hybridized carbons (Fsp3) is 0.235. The molecule has 6 nitrogen and oxygen atoms in total. The first kappa shape index (κ1) is 16.2. The summed E-state index contributed by atoms with van der Waals surface area (Å²) in [7, 11) is 0. The van der Waals surface area contributed by atoms with Gasteiger partial charge in [0.15, 0.2) is 0 Å². The summed E-state index contributed by atoms with van der Waals surface area (Å²) in [5.41, 5.74) is 1.58. The highest BCUT2D eigenvalue weighted by Gasteiger charge is 2.15. The molecule has 3 aromatic rings. The van der Waals surface area contributed by atoms with Crippen LogP contribution in [0.4, 0.5) is 0 Å². The Hall–Kier alpha value is -2.67. The molecule has 2 heterocycles. The summed E-state index contributed by atoms with van der Waals surface area (Å²) in [4.78, 5) is 32.9. The Balaban J connectivity index is 1.84. The molecule has 3 rings (SSSR count). The van der Waals surface area contributed by atoms with Gasteiger partial charge >= 0.3 is 5.97 Å². The number of esters is 1. The molecule has 0 radical (unpaired) electrons. The quantitative estimate of drug-likeness (QED) is 0.713. The zero-order valence-corrected chi connectivity index (χ0v) is 14.3. The van der Waals surface area contributed by atoms with Gasteiger partial charge in [-0.25, -0.2) is 9.78 Å². The highest BCUT2D eigenvalue weighted by Crippen LogP contribution is 2.26. The van der Waals surface area contributed by atoms with Gasteiger partial charge in [0.2, 0.25) is 0 Å². The highest BCUT2D eigenvalue weighted by molar-refractivity contribution is 7.18. The minimum atomic E-state index is -0.669. The summed E-state index contributed by atoms with van der Waals surface area (Å²) >= 11 is 1.43. The van der Waals surface area contributed by atoms with Gasteiger partial charge in [-0.3, -0.25) is 4.79 Å². The summed E-state index contributed by atoms with van der Waals surface area (Å²) in [5.74, 6) is -0.543. The molecule has 0 unspecified atom stereocenters. The second-order valence-corrected chi connectivity index (χ2v) is 6.78. The number of carbonyl (C=O) groups is 1. The Morgan fingerprint density at radius 3 is 2.83 bits per heavy atom.